The second-order valence-electron chi connectivity index (χ2n) is 8.97. The van der Waals surface area contributed by atoms with Gasteiger partial charge in [0.1, 0.15) is 23.0 Å². The number of carbonyl (C=O) groups is 1. The summed E-state index contributed by atoms with van der Waals surface area (Å²) < 4.78 is 60.7. The minimum atomic E-state index is -2.83. The van der Waals surface area contributed by atoms with Gasteiger partial charge < -0.3 is 20.4 Å². The Morgan fingerprint density at radius 1 is 1.17 bits per heavy atom. The van der Waals surface area contributed by atoms with Crippen LogP contribution < -0.4 is 15.4 Å². The molecule has 0 unspecified atom stereocenters. The molecule has 0 bridgehead atoms. The van der Waals surface area contributed by atoms with Crippen LogP contribution >= 0.6 is 11.6 Å². The van der Waals surface area contributed by atoms with Crippen molar-refractivity contribution in [3.8, 4) is 5.75 Å². The molecule has 186 valence electrons. The van der Waals surface area contributed by atoms with E-state index in [0.717, 1.165) is 18.2 Å². The first kappa shape index (κ1) is 23.9. The Kier molecular flexibility index (Phi) is 5.78. The monoisotopic (exact) mass is 518 g/mol. The van der Waals surface area contributed by atoms with Crippen LogP contribution in [0.5, 0.6) is 5.75 Å². The molecule has 1 aliphatic heterocycles. The molecule has 6 nitrogen and oxygen atoms in total. The smallest absolute Gasteiger partial charge is 0.263 e. The number of aromatic nitrogens is 2. The molecule has 1 amide bonds. The van der Waals surface area contributed by atoms with Crippen LogP contribution in [0.4, 0.5) is 34.9 Å². The van der Waals surface area contributed by atoms with Gasteiger partial charge in [0.05, 0.1) is 33.0 Å². The number of hydrogen-bond acceptors (Lipinski definition) is 4. The third-order valence-electron chi connectivity index (χ3n) is 5.75. The fourth-order valence-corrected chi connectivity index (χ4v) is 4.36. The molecule has 36 heavy (non-hydrogen) atoms. The van der Waals surface area contributed by atoms with Crippen LogP contribution in [0.25, 0.3) is 11.0 Å². The first-order valence-corrected chi connectivity index (χ1v) is 11.2. The number of carbonyl (C=O) groups excluding carboxylic acids is 1. The molecule has 11 heteroatoms. The summed E-state index contributed by atoms with van der Waals surface area (Å²) >= 11 is 6.10. The van der Waals surface area contributed by atoms with Crippen LogP contribution in [-0.2, 0) is 6.42 Å². The second kappa shape index (κ2) is 8.70. The van der Waals surface area contributed by atoms with Gasteiger partial charge in [0.25, 0.3) is 12.3 Å². The largest absolute Gasteiger partial charge is 0.486 e. The van der Waals surface area contributed by atoms with Gasteiger partial charge in [-0.1, -0.05) is 23.7 Å². The number of imidazole rings is 1. The van der Waals surface area contributed by atoms with E-state index in [4.69, 9.17) is 16.3 Å². The Hall–Kier alpha value is -3.79. The Labute approximate surface area is 207 Å². The number of alkyl halides is 2. The molecule has 5 rings (SSSR count). The molecule has 3 aromatic carbocycles. The van der Waals surface area contributed by atoms with Crippen LogP contribution in [0.2, 0.25) is 5.02 Å². The maximum atomic E-state index is 14.3. The number of aromatic amines is 1. The summed E-state index contributed by atoms with van der Waals surface area (Å²) in [5.74, 6) is -1.76. The van der Waals surface area contributed by atoms with Gasteiger partial charge in [-0.25, -0.2) is 22.5 Å². The summed E-state index contributed by atoms with van der Waals surface area (Å²) in [6.45, 7) is 3.66. The highest BCUT2D eigenvalue weighted by Gasteiger charge is 2.36. The van der Waals surface area contributed by atoms with E-state index in [-0.39, 0.29) is 33.7 Å². The maximum Gasteiger partial charge on any atom is 0.263 e. The Morgan fingerprint density at radius 2 is 1.94 bits per heavy atom. The standard InChI is InChI=1S/C25H19ClF4N4O2/c1-25(2)10-13-19-18(32-24(33-19)34-20-14(26)4-3-5-16(20)28)9-12(21(13)36-25)23(35)31-17-8-11(22(29)30)6-7-15(17)27/h3-9,22H,10H2,1-2H3,(H,31,35)(H2,32,33,34). The fourth-order valence-electron chi connectivity index (χ4n) is 4.15. The molecule has 0 saturated heterocycles. The summed E-state index contributed by atoms with van der Waals surface area (Å²) in [5, 5.41) is 5.33. The Bertz CT molecular complexity index is 1500. The zero-order valence-electron chi connectivity index (χ0n) is 19.0. The van der Waals surface area contributed by atoms with E-state index in [2.05, 4.69) is 20.6 Å². The summed E-state index contributed by atoms with van der Waals surface area (Å²) in [5.41, 5.74) is 0.139. The van der Waals surface area contributed by atoms with Crippen molar-refractivity contribution in [3.63, 3.8) is 0 Å². The Balaban J connectivity index is 1.56. The summed E-state index contributed by atoms with van der Waals surface area (Å²) in [6, 6.07) is 8.40. The molecule has 1 aliphatic rings. The zero-order valence-corrected chi connectivity index (χ0v) is 19.7. The van der Waals surface area contributed by atoms with Gasteiger partial charge in [-0.3, -0.25) is 4.79 Å². The van der Waals surface area contributed by atoms with Gasteiger partial charge in [0.2, 0.25) is 5.95 Å². The number of ether oxygens (including phenoxy) is 1. The van der Waals surface area contributed by atoms with Crippen molar-refractivity contribution < 1.29 is 27.1 Å². The highest BCUT2D eigenvalue weighted by molar-refractivity contribution is 6.33. The van der Waals surface area contributed by atoms with Crippen molar-refractivity contribution in [2.24, 2.45) is 0 Å². The molecular weight excluding hydrogens is 500 g/mol. The summed E-state index contributed by atoms with van der Waals surface area (Å²) in [6.07, 6.45) is -2.43. The van der Waals surface area contributed by atoms with E-state index in [1.807, 2.05) is 13.8 Å². The fraction of sp³-hybridized carbons (Fsp3) is 0.200. The molecule has 0 aliphatic carbocycles. The van der Waals surface area contributed by atoms with E-state index in [1.54, 1.807) is 0 Å². The molecule has 0 radical (unpaired) electrons. The van der Waals surface area contributed by atoms with Crippen molar-refractivity contribution in [2.45, 2.75) is 32.3 Å². The van der Waals surface area contributed by atoms with E-state index < -0.39 is 35.1 Å². The van der Waals surface area contributed by atoms with Gasteiger partial charge in [0.15, 0.2) is 0 Å². The lowest BCUT2D eigenvalue weighted by Gasteiger charge is -2.18. The number of nitrogens with zero attached hydrogens (tertiary/aromatic N) is 1. The number of hydrogen-bond donors (Lipinski definition) is 3. The number of amides is 1. The minimum absolute atomic E-state index is 0.0267. The van der Waals surface area contributed by atoms with Gasteiger partial charge in [-0.15, -0.1) is 0 Å². The van der Waals surface area contributed by atoms with Gasteiger partial charge in [-0.2, -0.15) is 0 Å². The SMILES string of the molecule is CC1(C)Cc2c(c(C(=O)Nc3cc(C(F)F)ccc3F)cc3[nH]c(Nc4c(F)cccc4Cl)nc23)O1. The highest BCUT2D eigenvalue weighted by atomic mass is 35.5. The molecule has 3 N–H and O–H groups in total. The predicted molar refractivity (Wildman–Crippen MR) is 129 cm³/mol. The predicted octanol–water partition coefficient (Wildman–Crippen LogP) is 7.14. The number of rotatable bonds is 5. The minimum Gasteiger partial charge on any atom is -0.486 e. The van der Waals surface area contributed by atoms with Crippen molar-refractivity contribution in [1.82, 2.24) is 9.97 Å². The van der Waals surface area contributed by atoms with E-state index in [0.29, 0.717) is 23.0 Å². The van der Waals surface area contributed by atoms with Gasteiger partial charge in [0, 0.05) is 17.5 Å². The van der Waals surface area contributed by atoms with Crippen LogP contribution in [0, 0.1) is 11.6 Å². The van der Waals surface area contributed by atoms with Crippen molar-refractivity contribution >= 4 is 45.9 Å². The third-order valence-corrected chi connectivity index (χ3v) is 6.06. The summed E-state index contributed by atoms with van der Waals surface area (Å²) in [7, 11) is 0. The number of benzene rings is 3. The number of anilines is 3. The number of halogens is 5. The first-order chi connectivity index (χ1) is 17.0. The maximum absolute atomic E-state index is 14.3. The average Bonchev–Trinajstić information content (AvgIpc) is 3.36. The molecular formula is C25H19ClF4N4O2. The molecule has 0 atom stereocenters. The molecule has 2 heterocycles. The molecule has 0 saturated carbocycles. The second-order valence-corrected chi connectivity index (χ2v) is 9.37. The Morgan fingerprint density at radius 3 is 2.67 bits per heavy atom. The molecule has 4 aromatic rings. The van der Waals surface area contributed by atoms with Crippen LogP contribution in [0.3, 0.4) is 0 Å². The molecule has 0 spiro atoms. The number of para-hydroxylation sites is 1. The van der Waals surface area contributed by atoms with Gasteiger partial charge >= 0.3 is 0 Å². The summed E-state index contributed by atoms with van der Waals surface area (Å²) in [4.78, 5) is 20.7. The quantitative estimate of drug-likeness (QED) is 0.245. The van der Waals surface area contributed by atoms with Crippen LogP contribution in [0.1, 0.15) is 41.8 Å². The highest BCUT2D eigenvalue weighted by Crippen LogP contribution is 2.43. The van der Waals surface area contributed by atoms with Crippen molar-refractivity contribution in [1.29, 1.82) is 0 Å². The van der Waals surface area contributed by atoms with Gasteiger partial charge in [-0.05, 0) is 44.2 Å². The molecule has 1 aromatic heterocycles. The average molecular weight is 519 g/mol. The topological polar surface area (TPSA) is 79.0 Å². The van der Waals surface area contributed by atoms with E-state index >= 15 is 0 Å². The lowest BCUT2D eigenvalue weighted by molar-refractivity contribution is 0.101. The van der Waals surface area contributed by atoms with Crippen LogP contribution in [0.15, 0.2) is 42.5 Å². The van der Waals surface area contributed by atoms with Crippen LogP contribution in [-0.4, -0.2) is 21.5 Å². The normalized spacial score (nSPS) is 14.1. The van der Waals surface area contributed by atoms with E-state index in [9.17, 15) is 22.4 Å². The number of nitrogens with one attached hydrogen (secondary N) is 3. The lowest BCUT2D eigenvalue weighted by Crippen LogP contribution is -2.25. The number of H-pyrrole nitrogens is 1. The zero-order chi connectivity index (χ0) is 25.8. The van der Waals surface area contributed by atoms with Crippen molar-refractivity contribution in [2.75, 3.05) is 10.6 Å². The third kappa shape index (κ3) is 4.32. The van der Waals surface area contributed by atoms with E-state index in [1.165, 1.54) is 24.3 Å². The first-order valence-electron chi connectivity index (χ1n) is 10.9. The number of fused-ring (bicyclic) bond motifs is 3. The lowest BCUT2D eigenvalue weighted by atomic mass is 9.98. The molecule has 0 fully saturated rings. The van der Waals surface area contributed by atoms with Crippen molar-refractivity contribution in [3.05, 3.63) is 75.8 Å².